The van der Waals surface area contributed by atoms with Gasteiger partial charge in [0.1, 0.15) is 18.7 Å². The van der Waals surface area contributed by atoms with Crippen LogP contribution in [0, 0.1) is 5.92 Å². The van der Waals surface area contributed by atoms with Gasteiger partial charge < -0.3 is 35.7 Å². The first-order chi connectivity index (χ1) is 28.6. The number of imidazole rings is 1. The van der Waals surface area contributed by atoms with Crippen molar-refractivity contribution in [3.05, 3.63) is 138 Å². The number of alkyl carbamates (subject to hydrolysis) is 1. The Morgan fingerprint density at radius 1 is 0.763 bits per heavy atom. The fraction of sp³-hybridized carbons (Fsp3) is 0.370. The minimum absolute atomic E-state index is 0.00595. The van der Waals surface area contributed by atoms with Gasteiger partial charge in [-0.25, -0.2) is 9.78 Å². The highest BCUT2D eigenvalue weighted by atomic mass is 16.5. The number of nitrogens with one attached hydrogen (secondary N) is 4. The number of aromatic amines is 1. The van der Waals surface area contributed by atoms with Crippen LogP contribution in [0.5, 0.6) is 0 Å². The average molecular weight is 802 g/mol. The highest BCUT2D eigenvalue weighted by Crippen LogP contribution is 2.21. The normalized spacial score (nSPS) is 15.2. The molecule has 310 valence electrons. The summed E-state index contributed by atoms with van der Waals surface area (Å²) < 4.78 is 5.51. The predicted octanol–water partition coefficient (Wildman–Crippen LogP) is 4.75. The zero-order valence-corrected chi connectivity index (χ0v) is 33.8. The second-order valence-corrected chi connectivity index (χ2v) is 15.6. The number of fused-ring (bicyclic) bond motifs is 1. The Morgan fingerprint density at radius 2 is 1.41 bits per heavy atom. The molecule has 1 saturated heterocycles. The van der Waals surface area contributed by atoms with Crippen molar-refractivity contribution < 1.29 is 29.0 Å². The summed E-state index contributed by atoms with van der Waals surface area (Å²) in [4.78, 5) is 66.5. The van der Waals surface area contributed by atoms with E-state index in [1.807, 2.05) is 105 Å². The number of amides is 4. The van der Waals surface area contributed by atoms with E-state index in [1.165, 1.54) is 11.9 Å². The molecule has 1 aliphatic rings. The van der Waals surface area contributed by atoms with Gasteiger partial charge in [-0.1, -0.05) is 117 Å². The van der Waals surface area contributed by atoms with Crippen molar-refractivity contribution in [2.24, 2.45) is 5.92 Å². The molecule has 0 aliphatic carbocycles. The van der Waals surface area contributed by atoms with Gasteiger partial charge in [-0.05, 0) is 39.8 Å². The molecule has 0 unspecified atom stereocenters. The lowest BCUT2D eigenvalue weighted by Crippen LogP contribution is -2.57. The lowest BCUT2D eigenvalue weighted by atomic mass is 9.96. The molecule has 0 spiro atoms. The Labute approximate surface area is 345 Å². The monoisotopic (exact) mass is 801 g/mol. The van der Waals surface area contributed by atoms with Gasteiger partial charge in [0.25, 0.3) is 0 Å². The maximum atomic E-state index is 14.3. The van der Waals surface area contributed by atoms with Gasteiger partial charge in [0, 0.05) is 51.8 Å². The summed E-state index contributed by atoms with van der Waals surface area (Å²) in [6.07, 6.45) is 1.54. The largest absolute Gasteiger partial charge is 0.445 e. The van der Waals surface area contributed by atoms with Gasteiger partial charge in [-0.15, -0.1) is 0 Å². The summed E-state index contributed by atoms with van der Waals surface area (Å²) in [5, 5.41) is 22.0. The Morgan fingerprint density at radius 3 is 2.10 bits per heavy atom. The molecule has 6 rings (SSSR count). The van der Waals surface area contributed by atoms with Crippen LogP contribution < -0.4 is 16.0 Å². The summed E-state index contributed by atoms with van der Waals surface area (Å²) in [5.41, 5.74) is 3.35. The minimum Gasteiger partial charge on any atom is -0.445 e. The van der Waals surface area contributed by atoms with E-state index in [9.17, 15) is 24.3 Å². The Hall–Kier alpha value is -6.05. The zero-order valence-electron chi connectivity index (χ0n) is 33.8. The van der Waals surface area contributed by atoms with Crippen LogP contribution in [0.25, 0.3) is 10.8 Å². The van der Waals surface area contributed by atoms with Crippen molar-refractivity contribution in [3.63, 3.8) is 0 Å². The maximum absolute atomic E-state index is 14.3. The molecule has 59 heavy (non-hydrogen) atoms. The van der Waals surface area contributed by atoms with Gasteiger partial charge in [-0.2, -0.15) is 0 Å². The van der Waals surface area contributed by atoms with E-state index >= 15 is 0 Å². The number of H-pyrrole nitrogens is 1. The molecule has 13 heteroatoms. The fourth-order valence-corrected chi connectivity index (χ4v) is 7.45. The highest BCUT2D eigenvalue weighted by Gasteiger charge is 2.33. The van der Waals surface area contributed by atoms with Crippen molar-refractivity contribution >= 4 is 34.6 Å². The number of rotatable bonds is 18. The number of carbonyl (C=O) groups is 4. The van der Waals surface area contributed by atoms with Gasteiger partial charge in [0.15, 0.2) is 0 Å². The number of hydrogen-bond donors (Lipinski definition) is 5. The molecule has 4 atom stereocenters. The zero-order chi connectivity index (χ0) is 41.6. The topological polar surface area (TPSA) is 169 Å². The average Bonchev–Trinajstić information content (AvgIpc) is 3.76. The maximum Gasteiger partial charge on any atom is 0.408 e. The number of carbonyl (C=O) groups excluding carboxylic acids is 4. The van der Waals surface area contributed by atoms with Crippen LogP contribution in [0.4, 0.5) is 4.79 Å². The van der Waals surface area contributed by atoms with Crippen LogP contribution >= 0.6 is 0 Å². The summed E-state index contributed by atoms with van der Waals surface area (Å²) >= 11 is 0. The summed E-state index contributed by atoms with van der Waals surface area (Å²) in [6.45, 7) is 7.30. The lowest BCUT2D eigenvalue weighted by Gasteiger charge is -2.36. The van der Waals surface area contributed by atoms with Crippen molar-refractivity contribution in [3.8, 4) is 0 Å². The predicted molar refractivity (Wildman–Crippen MR) is 226 cm³/mol. The molecule has 2 heterocycles. The molecule has 4 aromatic carbocycles. The number of piperazine rings is 1. The second-order valence-electron chi connectivity index (χ2n) is 15.6. The minimum atomic E-state index is -1.17. The summed E-state index contributed by atoms with van der Waals surface area (Å²) in [6, 6.07) is 29.9. The molecule has 5 aromatic rings. The quantitative estimate of drug-likeness (QED) is 0.0846. The van der Waals surface area contributed by atoms with Crippen molar-refractivity contribution in [2.75, 3.05) is 26.2 Å². The molecule has 5 N–H and O–H groups in total. The smallest absolute Gasteiger partial charge is 0.408 e. The van der Waals surface area contributed by atoms with Crippen LogP contribution in [-0.2, 0) is 45.1 Å². The molecule has 0 saturated carbocycles. The Kier molecular flexibility index (Phi) is 15.2. The van der Waals surface area contributed by atoms with Crippen molar-refractivity contribution in [1.82, 2.24) is 35.7 Å². The number of aromatic nitrogens is 2. The van der Waals surface area contributed by atoms with E-state index < -0.39 is 42.1 Å². The van der Waals surface area contributed by atoms with E-state index in [2.05, 4.69) is 43.0 Å². The standard InChI is InChI=1S/C46H55N7O6/c1-32(2)24-39(42(54)27-43(55)53-22-20-52(21-23-53)29-33-12-5-3-6-13-33)49-45(57)41(26-37-28-47-31-48-37)50-44(56)40(51-46(58)59-30-34-14-7-4-8-15-34)25-36-18-11-17-35-16-9-10-19-38(35)36/h3-19,28,31-32,39-42,54H,20-27,29-30H2,1-2H3,(H,47,48)(H,49,57)(H,50,56)(H,51,58)/t39-,40+,41-,42-/m0/s1. The first-order valence-electron chi connectivity index (χ1n) is 20.4. The highest BCUT2D eigenvalue weighted by molar-refractivity contribution is 5.93. The number of aliphatic hydroxyl groups excluding tert-OH is 1. The van der Waals surface area contributed by atoms with Gasteiger partial charge in [0.2, 0.25) is 17.7 Å². The van der Waals surface area contributed by atoms with E-state index in [0.717, 1.165) is 41.5 Å². The number of ether oxygens (including phenoxy) is 1. The van der Waals surface area contributed by atoms with Crippen molar-refractivity contribution in [1.29, 1.82) is 0 Å². The van der Waals surface area contributed by atoms with Crippen molar-refractivity contribution in [2.45, 2.75) is 76.9 Å². The Balaban J connectivity index is 1.14. The third-order valence-corrected chi connectivity index (χ3v) is 10.6. The number of nitrogens with zero attached hydrogens (tertiary/aromatic N) is 3. The van der Waals surface area contributed by atoms with Gasteiger partial charge >= 0.3 is 6.09 Å². The molecule has 4 amide bonds. The molecular weight excluding hydrogens is 747 g/mol. The van der Waals surface area contributed by atoms with E-state index in [4.69, 9.17) is 4.74 Å². The first kappa shape index (κ1) is 42.6. The third kappa shape index (κ3) is 12.7. The fourth-order valence-electron chi connectivity index (χ4n) is 7.45. The van der Waals surface area contributed by atoms with Crippen LogP contribution in [0.1, 0.15) is 49.1 Å². The van der Waals surface area contributed by atoms with Crippen LogP contribution in [0.3, 0.4) is 0 Å². The molecule has 0 bridgehead atoms. The summed E-state index contributed by atoms with van der Waals surface area (Å²) in [7, 11) is 0. The second kappa shape index (κ2) is 21.1. The summed E-state index contributed by atoms with van der Waals surface area (Å²) in [5.74, 6) is -1.26. The molecule has 1 aliphatic heterocycles. The van der Waals surface area contributed by atoms with Crippen LogP contribution in [0.2, 0.25) is 0 Å². The number of aliphatic hydroxyl groups is 1. The SMILES string of the molecule is CC(C)C[C@H](NC(=O)[C@H](Cc1c[nH]cn1)NC(=O)[C@@H](Cc1cccc2ccccc12)NC(=O)OCc1ccccc1)[C@@H](O)CC(=O)N1CCN(Cc2ccccc2)CC1. The molecular formula is C46H55N7O6. The molecule has 1 fully saturated rings. The van der Waals surface area contributed by atoms with Gasteiger partial charge in [0.05, 0.1) is 30.6 Å². The van der Waals surface area contributed by atoms with Crippen LogP contribution in [-0.4, -0.2) is 99.1 Å². The van der Waals surface area contributed by atoms with E-state index in [0.29, 0.717) is 25.2 Å². The molecule has 0 radical (unpaired) electrons. The number of benzene rings is 4. The van der Waals surface area contributed by atoms with E-state index in [1.54, 1.807) is 11.1 Å². The van der Waals surface area contributed by atoms with Gasteiger partial charge in [-0.3, -0.25) is 19.3 Å². The Bertz CT molecular complexity index is 2100. The van der Waals surface area contributed by atoms with E-state index in [-0.39, 0.29) is 37.7 Å². The third-order valence-electron chi connectivity index (χ3n) is 10.6. The molecule has 13 nitrogen and oxygen atoms in total. The first-order valence-corrected chi connectivity index (χ1v) is 20.4. The lowest BCUT2D eigenvalue weighted by molar-refractivity contribution is -0.136. The number of hydrogen-bond acceptors (Lipinski definition) is 8. The van der Waals surface area contributed by atoms with Crippen LogP contribution in [0.15, 0.2) is 116 Å². The molecule has 1 aromatic heterocycles.